The predicted molar refractivity (Wildman–Crippen MR) is 83.1 cm³/mol. The minimum absolute atomic E-state index is 0.0358. The maximum Gasteiger partial charge on any atom is 0.237 e. The second-order valence-electron chi connectivity index (χ2n) is 5.11. The maximum absolute atomic E-state index is 12.4. The molecule has 6 nitrogen and oxygen atoms in total. The summed E-state index contributed by atoms with van der Waals surface area (Å²) in [5.74, 6) is 0.813. The van der Waals surface area contributed by atoms with Gasteiger partial charge in [-0.3, -0.25) is 4.79 Å². The number of aromatic nitrogens is 1. The van der Waals surface area contributed by atoms with Gasteiger partial charge < -0.3 is 23.9 Å². The molecule has 0 radical (unpaired) electrons. The van der Waals surface area contributed by atoms with E-state index in [2.05, 4.69) is 5.32 Å². The van der Waals surface area contributed by atoms with Crippen LogP contribution in [0.5, 0.6) is 0 Å². The highest BCUT2D eigenvalue weighted by Crippen LogP contribution is 2.11. The lowest BCUT2D eigenvalue weighted by atomic mass is 10.3. The predicted octanol–water partition coefficient (Wildman–Crippen LogP) is 1.38. The summed E-state index contributed by atoms with van der Waals surface area (Å²) in [7, 11) is 3.61. The van der Waals surface area contributed by atoms with Gasteiger partial charge in [-0.1, -0.05) is 0 Å². The number of carbonyl (C=O) groups excluding carboxylic acids is 1. The summed E-state index contributed by atoms with van der Waals surface area (Å²) in [6.45, 7) is 2.54. The Kier molecular flexibility index (Phi) is 6.24. The molecule has 0 fully saturated rings. The third kappa shape index (κ3) is 4.75. The number of hydrogen-bond acceptors (Lipinski definition) is 4. The highest BCUT2D eigenvalue weighted by Gasteiger charge is 2.16. The molecule has 2 heterocycles. The molecule has 0 aliphatic heterocycles. The Labute approximate surface area is 130 Å². The van der Waals surface area contributed by atoms with Crippen molar-refractivity contribution >= 4 is 5.91 Å². The van der Waals surface area contributed by atoms with Crippen molar-refractivity contribution in [2.45, 2.75) is 13.1 Å². The Hall–Kier alpha value is -2.05. The van der Waals surface area contributed by atoms with Crippen molar-refractivity contribution in [2.24, 2.45) is 7.05 Å². The Morgan fingerprint density at radius 3 is 2.86 bits per heavy atom. The number of nitrogens with one attached hydrogen (secondary N) is 1. The number of hydrogen-bond donors (Lipinski definition) is 1. The van der Waals surface area contributed by atoms with E-state index >= 15 is 0 Å². The number of methoxy groups -OCH3 is 1. The van der Waals surface area contributed by atoms with Gasteiger partial charge in [0.2, 0.25) is 5.91 Å². The van der Waals surface area contributed by atoms with Crippen molar-refractivity contribution in [1.29, 1.82) is 0 Å². The van der Waals surface area contributed by atoms with Crippen molar-refractivity contribution in [2.75, 3.05) is 26.8 Å². The fourth-order valence-electron chi connectivity index (χ4n) is 2.16. The second-order valence-corrected chi connectivity index (χ2v) is 5.11. The maximum atomic E-state index is 12.4. The lowest BCUT2D eigenvalue weighted by molar-refractivity contribution is -0.131. The lowest BCUT2D eigenvalue weighted by Gasteiger charge is -2.22. The van der Waals surface area contributed by atoms with Crippen molar-refractivity contribution in [3.05, 3.63) is 48.2 Å². The molecule has 120 valence electrons. The number of rotatable bonds is 9. The SMILES string of the molecule is COCCNCC(=O)N(Cc1ccco1)Cc1cccn1C. The molecule has 2 aromatic rings. The quantitative estimate of drug-likeness (QED) is 0.711. The van der Waals surface area contributed by atoms with E-state index in [1.807, 2.05) is 42.1 Å². The molecule has 0 aliphatic carbocycles. The van der Waals surface area contributed by atoms with E-state index in [4.69, 9.17) is 9.15 Å². The van der Waals surface area contributed by atoms with Gasteiger partial charge in [-0.15, -0.1) is 0 Å². The molecule has 0 aromatic carbocycles. The van der Waals surface area contributed by atoms with Crippen LogP contribution < -0.4 is 5.32 Å². The second kappa shape index (κ2) is 8.41. The first kappa shape index (κ1) is 16.3. The summed E-state index contributed by atoms with van der Waals surface area (Å²) in [6.07, 6.45) is 3.60. The van der Waals surface area contributed by atoms with Gasteiger partial charge in [0, 0.05) is 32.6 Å². The Balaban J connectivity index is 1.97. The molecule has 6 heteroatoms. The van der Waals surface area contributed by atoms with Crippen LogP contribution in [0.1, 0.15) is 11.5 Å². The van der Waals surface area contributed by atoms with E-state index in [-0.39, 0.29) is 12.5 Å². The monoisotopic (exact) mass is 305 g/mol. The van der Waals surface area contributed by atoms with Crippen LogP contribution in [0.25, 0.3) is 0 Å². The molecule has 0 saturated heterocycles. The summed E-state index contributed by atoms with van der Waals surface area (Å²) in [4.78, 5) is 14.2. The number of furan rings is 1. The van der Waals surface area contributed by atoms with Crippen LogP contribution in [0.2, 0.25) is 0 Å². The molecule has 0 bridgehead atoms. The lowest BCUT2D eigenvalue weighted by Crippen LogP contribution is -2.38. The van der Waals surface area contributed by atoms with Gasteiger partial charge in [0.25, 0.3) is 0 Å². The molecule has 1 amide bonds. The van der Waals surface area contributed by atoms with Crippen molar-refractivity contribution in [3.63, 3.8) is 0 Å². The molecule has 1 N–H and O–H groups in total. The van der Waals surface area contributed by atoms with E-state index in [9.17, 15) is 4.79 Å². The third-order valence-electron chi connectivity index (χ3n) is 3.44. The Morgan fingerprint density at radius 1 is 1.36 bits per heavy atom. The molecule has 0 atom stereocenters. The van der Waals surface area contributed by atoms with E-state index in [0.717, 1.165) is 11.5 Å². The van der Waals surface area contributed by atoms with Gasteiger partial charge >= 0.3 is 0 Å². The molecule has 22 heavy (non-hydrogen) atoms. The summed E-state index contributed by atoms with van der Waals surface area (Å²) in [5, 5.41) is 3.09. The largest absolute Gasteiger partial charge is 0.467 e. The normalized spacial score (nSPS) is 10.8. The fourth-order valence-corrected chi connectivity index (χ4v) is 2.16. The molecule has 2 rings (SSSR count). The molecule has 0 saturated carbocycles. The minimum Gasteiger partial charge on any atom is -0.467 e. The highest BCUT2D eigenvalue weighted by atomic mass is 16.5. The van der Waals surface area contributed by atoms with Crippen LogP contribution in [0.4, 0.5) is 0 Å². The average molecular weight is 305 g/mol. The number of aryl methyl sites for hydroxylation is 1. The standard InChI is InChI=1S/C16H23N3O3/c1-18-8-3-5-14(18)12-19(13-15-6-4-9-22-15)16(20)11-17-7-10-21-2/h3-6,8-9,17H,7,10-13H2,1-2H3. The first-order valence-electron chi connectivity index (χ1n) is 7.30. The topological polar surface area (TPSA) is 59.6 Å². The molecule has 0 aliphatic rings. The van der Waals surface area contributed by atoms with Gasteiger partial charge in [0.15, 0.2) is 0 Å². The van der Waals surface area contributed by atoms with Gasteiger partial charge in [-0.05, 0) is 24.3 Å². The van der Waals surface area contributed by atoms with Gasteiger partial charge in [-0.25, -0.2) is 0 Å². The first-order chi connectivity index (χ1) is 10.7. The third-order valence-corrected chi connectivity index (χ3v) is 3.44. The van der Waals surface area contributed by atoms with Crippen LogP contribution in [0.15, 0.2) is 41.1 Å². The smallest absolute Gasteiger partial charge is 0.237 e. The zero-order valence-electron chi connectivity index (χ0n) is 13.1. The van der Waals surface area contributed by atoms with Crippen LogP contribution in [-0.2, 0) is 29.7 Å². The summed E-state index contributed by atoms with van der Waals surface area (Å²) in [5.41, 5.74) is 1.08. The molecular formula is C16H23N3O3. The van der Waals surface area contributed by atoms with Crippen molar-refractivity contribution in [3.8, 4) is 0 Å². The van der Waals surface area contributed by atoms with E-state index < -0.39 is 0 Å². The molecule has 2 aromatic heterocycles. The number of carbonyl (C=O) groups is 1. The average Bonchev–Trinajstić information content (AvgIpc) is 3.15. The molecule has 0 unspecified atom stereocenters. The number of nitrogens with zero attached hydrogens (tertiary/aromatic N) is 2. The van der Waals surface area contributed by atoms with Crippen LogP contribution in [-0.4, -0.2) is 42.2 Å². The van der Waals surface area contributed by atoms with Gasteiger partial charge in [0.05, 0.1) is 32.5 Å². The van der Waals surface area contributed by atoms with E-state index in [1.54, 1.807) is 18.3 Å². The van der Waals surface area contributed by atoms with Crippen molar-refractivity contribution < 1.29 is 13.9 Å². The molecule has 0 spiro atoms. The van der Waals surface area contributed by atoms with Crippen LogP contribution >= 0.6 is 0 Å². The van der Waals surface area contributed by atoms with Gasteiger partial charge in [-0.2, -0.15) is 0 Å². The molecular weight excluding hydrogens is 282 g/mol. The van der Waals surface area contributed by atoms with Gasteiger partial charge in [0.1, 0.15) is 5.76 Å². The number of ether oxygens (including phenoxy) is 1. The van der Waals surface area contributed by atoms with Crippen LogP contribution in [0.3, 0.4) is 0 Å². The van der Waals surface area contributed by atoms with Crippen molar-refractivity contribution in [1.82, 2.24) is 14.8 Å². The summed E-state index contributed by atoms with van der Waals surface area (Å²) < 4.78 is 12.3. The Bertz CT molecular complexity index is 563. The Morgan fingerprint density at radius 2 is 2.23 bits per heavy atom. The zero-order valence-corrected chi connectivity index (χ0v) is 13.1. The highest BCUT2D eigenvalue weighted by molar-refractivity contribution is 5.78. The van der Waals surface area contributed by atoms with E-state index in [0.29, 0.717) is 26.2 Å². The van der Waals surface area contributed by atoms with Crippen LogP contribution in [0, 0.1) is 0 Å². The minimum atomic E-state index is 0.0358. The zero-order chi connectivity index (χ0) is 15.8. The fraction of sp³-hybridized carbons (Fsp3) is 0.438. The van der Waals surface area contributed by atoms with E-state index in [1.165, 1.54) is 0 Å². The summed E-state index contributed by atoms with van der Waals surface area (Å²) in [6, 6.07) is 7.70. The summed E-state index contributed by atoms with van der Waals surface area (Å²) >= 11 is 0. The number of amides is 1. The first-order valence-corrected chi connectivity index (χ1v) is 7.30.